The van der Waals surface area contributed by atoms with Crippen molar-refractivity contribution in [1.82, 2.24) is 0 Å². The molecule has 0 saturated carbocycles. The van der Waals surface area contributed by atoms with E-state index in [9.17, 15) is 0 Å². The summed E-state index contributed by atoms with van der Waals surface area (Å²) in [6.45, 7) is 15.5. The summed E-state index contributed by atoms with van der Waals surface area (Å²) >= 11 is 0. The third kappa shape index (κ3) is 8.96. The molecule has 0 nitrogen and oxygen atoms in total. The summed E-state index contributed by atoms with van der Waals surface area (Å²) in [5.41, 5.74) is 2.00. The molecule has 0 aromatic heterocycles. The Morgan fingerprint density at radius 1 is 1.08 bits per heavy atom. The van der Waals surface area contributed by atoms with Crippen LogP contribution < -0.4 is 0 Å². The lowest BCUT2D eigenvalue weighted by molar-refractivity contribution is 1.47. The normalized spacial score (nSPS) is 9.67. The van der Waals surface area contributed by atoms with E-state index in [4.69, 9.17) is 0 Å². The molecule has 0 radical (unpaired) electrons. The third-order valence-electron chi connectivity index (χ3n) is 1.15. The minimum atomic E-state index is 0.984. The lowest BCUT2D eigenvalue weighted by atomic mass is 10.1. The molecule has 0 N–H and O–H groups in total. The molecular formula is C12H20. The largest absolute Gasteiger partial charge is 0.0955 e. The van der Waals surface area contributed by atoms with Crippen molar-refractivity contribution in [3.63, 3.8) is 0 Å². The Balaban J connectivity index is 0. The summed E-state index contributed by atoms with van der Waals surface area (Å²) in [6, 6.07) is 0. The number of allylic oxidation sites excluding steroid dienone is 6. The minimum Gasteiger partial charge on any atom is -0.0955 e. The standard InChI is InChI=1S/C10H14.C2H6/c1-5-6-7-8-10(4)9(2)3;1-2/h5-8H,2,4H2,1,3H3;1-2H3/b6-5+,8-7-;. The average Bonchev–Trinajstić information content (AvgIpc) is 2.08. The SMILES string of the molecule is C=C(C)C(=C)/C=C\C=C\C.CC. The maximum absolute atomic E-state index is 3.81. The molecule has 0 aliphatic carbocycles. The van der Waals surface area contributed by atoms with Gasteiger partial charge in [0.2, 0.25) is 0 Å². The van der Waals surface area contributed by atoms with Crippen LogP contribution in [0.2, 0.25) is 0 Å². The second-order valence-corrected chi connectivity index (χ2v) is 2.19. The van der Waals surface area contributed by atoms with Crippen molar-refractivity contribution in [3.05, 3.63) is 48.6 Å². The quantitative estimate of drug-likeness (QED) is 0.546. The maximum atomic E-state index is 3.81. The van der Waals surface area contributed by atoms with Gasteiger partial charge in [-0.3, -0.25) is 0 Å². The molecule has 0 unspecified atom stereocenters. The van der Waals surface area contributed by atoms with Gasteiger partial charge in [0.15, 0.2) is 0 Å². The van der Waals surface area contributed by atoms with Crippen molar-refractivity contribution >= 4 is 0 Å². The van der Waals surface area contributed by atoms with E-state index in [1.165, 1.54) is 0 Å². The number of hydrogen-bond donors (Lipinski definition) is 0. The van der Waals surface area contributed by atoms with Crippen LogP contribution in [-0.2, 0) is 0 Å². The van der Waals surface area contributed by atoms with Gasteiger partial charge in [0.05, 0.1) is 0 Å². The fraction of sp³-hybridized carbons (Fsp3) is 0.333. The summed E-state index contributed by atoms with van der Waals surface area (Å²) in [7, 11) is 0. The van der Waals surface area contributed by atoms with Gasteiger partial charge in [-0.15, -0.1) is 0 Å². The van der Waals surface area contributed by atoms with Crippen molar-refractivity contribution in [2.75, 3.05) is 0 Å². The second-order valence-electron chi connectivity index (χ2n) is 2.19. The molecule has 0 rings (SSSR count). The van der Waals surface area contributed by atoms with Gasteiger partial charge in [-0.1, -0.05) is 56.9 Å². The van der Waals surface area contributed by atoms with Gasteiger partial charge in [-0.05, 0) is 19.4 Å². The van der Waals surface area contributed by atoms with Gasteiger partial charge >= 0.3 is 0 Å². The molecule has 0 bridgehead atoms. The zero-order chi connectivity index (χ0) is 9.98. The fourth-order valence-corrected chi connectivity index (χ4v) is 0.425. The summed E-state index contributed by atoms with van der Waals surface area (Å²) in [5, 5.41) is 0. The number of hydrogen-bond acceptors (Lipinski definition) is 0. The molecular weight excluding hydrogens is 144 g/mol. The molecule has 0 aromatic carbocycles. The monoisotopic (exact) mass is 164 g/mol. The van der Waals surface area contributed by atoms with E-state index < -0.39 is 0 Å². The Hall–Kier alpha value is -1.04. The molecule has 0 saturated heterocycles. The smallest absolute Gasteiger partial charge is 0.0305 e. The Labute approximate surface area is 77.0 Å². The van der Waals surface area contributed by atoms with Crippen LogP contribution >= 0.6 is 0 Å². The first-order valence-electron chi connectivity index (χ1n) is 4.32. The van der Waals surface area contributed by atoms with Crippen molar-refractivity contribution in [2.45, 2.75) is 27.7 Å². The van der Waals surface area contributed by atoms with Gasteiger partial charge < -0.3 is 0 Å². The summed E-state index contributed by atoms with van der Waals surface area (Å²) in [6.07, 6.45) is 7.84. The summed E-state index contributed by atoms with van der Waals surface area (Å²) in [5.74, 6) is 0. The third-order valence-corrected chi connectivity index (χ3v) is 1.15. The number of rotatable bonds is 3. The molecule has 0 aromatic rings. The van der Waals surface area contributed by atoms with E-state index in [1.54, 1.807) is 0 Å². The second kappa shape index (κ2) is 9.96. The highest BCUT2D eigenvalue weighted by Crippen LogP contribution is 2.04. The summed E-state index contributed by atoms with van der Waals surface area (Å²) < 4.78 is 0. The Morgan fingerprint density at radius 3 is 1.92 bits per heavy atom. The Bertz CT molecular complexity index is 180. The fourth-order valence-electron chi connectivity index (χ4n) is 0.425. The molecule has 0 fully saturated rings. The molecule has 0 aliphatic rings. The van der Waals surface area contributed by atoms with Crippen LogP contribution in [0, 0.1) is 0 Å². The van der Waals surface area contributed by atoms with Crippen LogP contribution in [0.15, 0.2) is 48.6 Å². The lowest BCUT2D eigenvalue weighted by Crippen LogP contribution is -1.72. The molecule has 0 aliphatic heterocycles. The van der Waals surface area contributed by atoms with Gasteiger partial charge in [0.25, 0.3) is 0 Å². The van der Waals surface area contributed by atoms with Gasteiger partial charge in [-0.25, -0.2) is 0 Å². The topological polar surface area (TPSA) is 0 Å². The van der Waals surface area contributed by atoms with Crippen molar-refractivity contribution in [1.29, 1.82) is 0 Å². The van der Waals surface area contributed by atoms with Crippen molar-refractivity contribution < 1.29 is 0 Å². The van der Waals surface area contributed by atoms with E-state index in [0.29, 0.717) is 0 Å². The molecule has 0 amide bonds. The van der Waals surface area contributed by atoms with Crippen LogP contribution in [-0.4, -0.2) is 0 Å². The molecule has 68 valence electrons. The highest BCUT2D eigenvalue weighted by Gasteiger charge is 1.83. The summed E-state index contributed by atoms with van der Waals surface area (Å²) in [4.78, 5) is 0. The molecule has 12 heavy (non-hydrogen) atoms. The average molecular weight is 164 g/mol. The van der Waals surface area contributed by atoms with E-state index in [2.05, 4.69) is 13.2 Å². The zero-order valence-electron chi connectivity index (χ0n) is 8.72. The molecule has 0 atom stereocenters. The van der Waals surface area contributed by atoms with Gasteiger partial charge in [0, 0.05) is 0 Å². The van der Waals surface area contributed by atoms with E-state index in [1.807, 2.05) is 52.0 Å². The van der Waals surface area contributed by atoms with Crippen LogP contribution in [0.1, 0.15) is 27.7 Å². The van der Waals surface area contributed by atoms with Crippen LogP contribution in [0.4, 0.5) is 0 Å². The lowest BCUT2D eigenvalue weighted by Gasteiger charge is -1.93. The first-order valence-corrected chi connectivity index (χ1v) is 4.32. The molecule has 0 heterocycles. The highest BCUT2D eigenvalue weighted by molar-refractivity contribution is 5.34. The highest BCUT2D eigenvalue weighted by atomic mass is 13.9. The van der Waals surface area contributed by atoms with Crippen molar-refractivity contribution in [3.8, 4) is 0 Å². The van der Waals surface area contributed by atoms with E-state index >= 15 is 0 Å². The minimum absolute atomic E-state index is 0.984. The predicted molar refractivity (Wildman–Crippen MR) is 59.3 cm³/mol. The van der Waals surface area contributed by atoms with Gasteiger partial charge in [-0.2, -0.15) is 0 Å². The predicted octanol–water partition coefficient (Wildman–Crippen LogP) is 4.28. The molecule has 0 heteroatoms. The van der Waals surface area contributed by atoms with E-state index in [0.717, 1.165) is 11.1 Å². The Morgan fingerprint density at radius 2 is 1.58 bits per heavy atom. The van der Waals surface area contributed by atoms with Crippen LogP contribution in [0.5, 0.6) is 0 Å². The van der Waals surface area contributed by atoms with Crippen LogP contribution in [0.25, 0.3) is 0 Å². The van der Waals surface area contributed by atoms with Crippen molar-refractivity contribution in [2.24, 2.45) is 0 Å². The zero-order valence-corrected chi connectivity index (χ0v) is 8.72. The molecule has 0 spiro atoms. The maximum Gasteiger partial charge on any atom is -0.0305 e. The van der Waals surface area contributed by atoms with Crippen LogP contribution in [0.3, 0.4) is 0 Å². The van der Waals surface area contributed by atoms with Gasteiger partial charge in [0.1, 0.15) is 0 Å². The first-order chi connectivity index (χ1) is 5.68. The Kier molecular flexibility index (Phi) is 11.2. The first kappa shape index (κ1) is 13.5. The van der Waals surface area contributed by atoms with E-state index in [-0.39, 0.29) is 0 Å².